The van der Waals surface area contributed by atoms with Crippen molar-refractivity contribution in [2.75, 3.05) is 31.6 Å². The van der Waals surface area contributed by atoms with Crippen molar-refractivity contribution >= 4 is 35.6 Å². The van der Waals surface area contributed by atoms with Crippen molar-refractivity contribution in [3.05, 3.63) is 65.7 Å². The first-order valence-electron chi connectivity index (χ1n) is 9.57. The van der Waals surface area contributed by atoms with Crippen molar-refractivity contribution in [3.63, 3.8) is 0 Å². The molecule has 0 saturated carbocycles. The van der Waals surface area contributed by atoms with Crippen LogP contribution >= 0.6 is 24.0 Å². The first kappa shape index (κ1) is 21.5. The fourth-order valence-electron chi connectivity index (χ4n) is 3.39. The van der Waals surface area contributed by atoms with Gasteiger partial charge in [-0.05, 0) is 43.9 Å². The van der Waals surface area contributed by atoms with Crippen LogP contribution in [0.3, 0.4) is 0 Å². The molecule has 1 aliphatic heterocycles. The summed E-state index contributed by atoms with van der Waals surface area (Å²) in [6.07, 6.45) is 3.27. The summed E-state index contributed by atoms with van der Waals surface area (Å²) in [6.45, 7) is 5.19. The SMILES string of the molecule is CN=C(NCCc1ccc(C)cc1)NC1CCN(c2ccccc2)CC1.I. The van der Waals surface area contributed by atoms with Gasteiger partial charge in [0.2, 0.25) is 0 Å². The maximum atomic E-state index is 4.39. The third kappa shape index (κ3) is 6.72. The van der Waals surface area contributed by atoms with Crippen LogP contribution in [0.5, 0.6) is 0 Å². The fraction of sp³-hybridized carbons (Fsp3) is 0.409. The van der Waals surface area contributed by atoms with Crippen molar-refractivity contribution in [1.82, 2.24) is 10.6 Å². The predicted octanol–water partition coefficient (Wildman–Crippen LogP) is 3.99. The highest BCUT2D eigenvalue weighted by Crippen LogP contribution is 2.19. The number of para-hydroxylation sites is 1. The van der Waals surface area contributed by atoms with Crippen molar-refractivity contribution in [2.24, 2.45) is 4.99 Å². The monoisotopic (exact) mass is 478 g/mol. The lowest BCUT2D eigenvalue weighted by Crippen LogP contribution is -2.49. The molecule has 27 heavy (non-hydrogen) atoms. The summed E-state index contributed by atoms with van der Waals surface area (Å²) in [5.41, 5.74) is 3.99. The van der Waals surface area contributed by atoms with Gasteiger partial charge in [-0.25, -0.2) is 0 Å². The zero-order chi connectivity index (χ0) is 18.2. The molecule has 0 bridgehead atoms. The molecule has 2 aromatic carbocycles. The molecule has 1 fully saturated rings. The second-order valence-electron chi connectivity index (χ2n) is 6.98. The highest BCUT2D eigenvalue weighted by molar-refractivity contribution is 14.0. The summed E-state index contributed by atoms with van der Waals surface area (Å²) in [5, 5.41) is 7.03. The molecule has 1 heterocycles. The highest BCUT2D eigenvalue weighted by Gasteiger charge is 2.19. The topological polar surface area (TPSA) is 39.7 Å². The van der Waals surface area contributed by atoms with E-state index in [-0.39, 0.29) is 24.0 Å². The van der Waals surface area contributed by atoms with Crippen LogP contribution in [0.2, 0.25) is 0 Å². The Bertz CT molecular complexity index is 692. The normalized spacial score (nSPS) is 15.2. The van der Waals surface area contributed by atoms with Crippen LogP contribution in [-0.4, -0.2) is 38.7 Å². The van der Waals surface area contributed by atoms with E-state index in [2.05, 4.69) is 82.0 Å². The number of anilines is 1. The van der Waals surface area contributed by atoms with E-state index >= 15 is 0 Å². The minimum absolute atomic E-state index is 0. The summed E-state index contributed by atoms with van der Waals surface area (Å²) >= 11 is 0. The Kier molecular flexibility index (Phi) is 8.91. The molecular formula is C22H31IN4. The van der Waals surface area contributed by atoms with Crippen LogP contribution in [0.25, 0.3) is 0 Å². The maximum Gasteiger partial charge on any atom is 0.191 e. The number of aliphatic imine (C=N–C) groups is 1. The van der Waals surface area contributed by atoms with Gasteiger partial charge in [-0.3, -0.25) is 4.99 Å². The summed E-state index contributed by atoms with van der Waals surface area (Å²) in [5.74, 6) is 0.912. The Labute approximate surface area is 180 Å². The third-order valence-electron chi connectivity index (χ3n) is 5.01. The summed E-state index contributed by atoms with van der Waals surface area (Å²) in [7, 11) is 1.85. The zero-order valence-electron chi connectivity index (χ0n) is 16.3. The van der Waals surface area contributed by atoms with E-state index in [1.54, 1.807) is 0 Å². The maximum absolute atomic E-state index is 4.39. The molecular weight excluding hydrogens is 447 g/mol. The summed E-state index contributed by atoms with van der Waals surface area (Å²) in [4.78, 5) is 6.85. The van der Waals surface area contributed by atoms with E-state index in [0.29, 0.717) is 6.04 Å². The van der Waals surface area contributed by atoms with Gasteiger partial charge in [0.15, 0.2) is 5.96 Å². The number of rotatable bonds is 5. The molecule has 2 N–H and O–H groups in total. The Balaban J connectivity index is 0.00000261. The van der Waals surface area contributed by atoms with Crippen molar-refractivity contribution in [3.8, 4) is 0 Å². The summed E-state index contributed by atoms with van der Waals surface area (Å²) < 4.78 is 0. The van der Waals surface area contributed by atoms with Gasteiger partial charge in [-0.15, -0.1) is 24.0 Å². The van der Waals surface area contributed by atoms with Crippen molar-refractivity contribution in [1.29, 1.82) is 0 Å². The van der Waals surface area contributed by atoms with E-state index in [1.807, 2.05) is 7.05 Å². The number of hydrogen-bond acceptors (Lipinski definition) is 2. The largest absolute Gasteiger partial charge is 0.371 e. The van der Waals surface area contributed by atoms with Crippen LogP contribution in [0.4, 0.5) is 5.69 Å². The lowest BCUT2D eigenvalue weighted by molar-refractivity contribution is 0.461. The molecule has 1 saturated heterocycles. The number of nitrogens with zero attached hydrogens (tertiary/aromatic N) is 2. The number of benzene rings is 2. The number of nitrogens with one attached hydrogen (secondary N) is 2. The van der Waals surface area contributed by atoms with Gasteiger partial charge in [0.05, 0.1) is 0 Å². The molecule has 5 heteroatoms. The predicted molar refractivity (Wildman–Crippen MR) is 126 cm³/mol. The zero-order valence-corrected chi connectivity index (χ0v) is 18.6. The lowest BCUT2D eigenvalue weighted by Gasteiger charge is -2.34. The van der Waals surface area contributed by atoms with Crippen LogP contribution < -0.4 is 15.5 Å². The first-order valence-corrected chi connectivity index (χ1v) is 9.57. The Hall–Kier alpha value is -1.76. The van der Waals surface area contributed by atoms with E-state index in [0.717, 1.165) is 44.9 Å². The Morgan fingerprint density at radius 1 is 1.04 bits per heavy atom. The molecule has 0 aliphatic carbocycles. The average Bonchev–Trinajstić information content (AvgIpc) is 2.70. The molecule has 0 aromatic heterocycles. The average molecular weight is 478 g/mol. The highest BCUT2D eigenvalue weighted by atomic mass is 127. The summed E-state index contributed by atoms with van der Waals surface area (Å²) in [6, 6.07) is 19.9. The molecule has 0 spiro atoms. The molecule has 0 amide bonds. The quantitative estimate of drug-likeness (QED) is 0.388. The van der Waals surface area contributed by atoms with Crippen molar-refractivity contribution in [2.45, 2.75) is 32.2 Å². The van der Waals surface area contributed by atoms with E-state index in [1.165, 1.54) is 16.8 Å². The molecule has 146 valence electrons. The van der Waals surface area contributed by atoms with Crippen LogP contribution in [0.15, 0.2) is 59.6 Å². The van der Waals surface area contributed by atoms with Crippen LogP contribution in [0.1, 0.15) is 24.0 Å². The molecule has 0 atom stereocenters. The molecule has 2 aromatic rings. The third-order valence-corrected chi connectivity index (χ3v) is 5.01. The number of guanidine groups is 1. The first-order chi connectivity index (χ1) is 12.7. The second-order valence-corrected chi connectivity index (χ2v) is 6.98. The molecule has 3 rings (SSSR count). The molecule has 0 unspecified atom stereocenters. The van der Waals surface area contributed by atoms with E-state index < -0.39 is 0 Å². The minimum Gasteiger partial charge on any atom is -0.371 e. The van der Waals surface area contributed by atoms with Gasteiger partial charge in [0.1, 0.15) is 0 Å². The van der Waals surface area contributed by atoms with E-state index in [4.69, 9.17) is 0 Å². The van der Waals surface area contributed by atoms with Crippen LogP contribution in [0, 0.1) is 6.92 Å². The number of piperidine rings is 1. The number of hydrogen-bond donors (Lipinski definition) is 2. The number of halogens is 1. The van der Waals surface area contributed by atoms with Gasteiger partial charge in [0.25, 0.3) is 0 Å². The Morgan fingerprint density at radius 3 is 2.33 bits per heavy atom. The standard InChI is InChI=1S/C22H30N4.HI/c1-18-8-10-19(11-9-18)12-15-24-22(23-2)25-20-13-16-26(17-14-20)21-6-4-3-5-7-21;/h3-11,20H,12-17H2,1-2H3,(H2,23,24,25);1H. The van der Waals surface area contributed by atoms with Gasteiger partial charge in [0, 0.05) is 38.4 Å². The van der Waals surface area contributed by atoms with Gasteiger partial charge >= 0.3 is 0 Å². The Morgan fingerprint density at radius 2 is 1.70 bits per heavy atom. The van der Waals surface area contributed by atoms with Crippen molar-refractivity contribution < 1.29 is 0 Å². The smallest absolute Gasteiger partial charge is 0.191 e. The molecule has 0 radical (unpaired) electrons. The number of aryl methyl sites for hydroxylation is 1. The van der Waals surface area contributed by atoms with Crippen LogP contribution in [-0.2, 0) is 6.42 Å². The van der Waals surface area contributed by atoms with Gasteiger partial charge < -0.3 is 15.5 Å². The van der Waals surface area contributed by atoms with Gasteiger partial charge in [-0.2, -0.15) is 0 Å². The minimum atomic E-state index is 0. The lowest BCUT2D eigenvalue weighted by atomic mass is 10.0. The molecule has 1 aliphatic rings. The van der Waals surface area contributed by atoms with Gasteiger partial charge in [-0.1, -0.05) is 48.0 Å². The van der Waals surface area contributed by atoms with E-state index in [9.17, 15) is 0 Å². The molecule has 4 nitrogen and oxygen atoms in total. The fourth-order valence-corrected chi connectivity index (χ4v) is 3.39. The second kappa shape index (κ2) is 11.2.